The van der Waals surface area contributed by atoms with Crippen molar-refractivity contribution in [2.75, 3.05) is 71.0 Å². The van der Waals surface area contributed by atoms with Crippen LogP contribution in [0.3, 0.4) is 0 Å². The number of nitro groups is 1. The number of aliphatic hydroxyl groups is 2. The summed E-state index contributed by atoms with van der Waals surface area (Å²) in [5.41, 5.74) is 1.31. The van der Waals surface area contributed by atoms with E-state index in [1.54, 1.807) is 6.92 Å². The monoisotopic (exact) mass is 912 g/mol. The van der Waals surface area contributed by atoms with E-state index in [0.717, 1.165) is 21.9 Å². The Bertz CT molecular complexity index is 2230. The third-order valence-electron chi connectivity index (χ3n) is 9.70. The lowest BCUT2D eigenvalue weighted by atomic mass is 10.1. The minimum atomic E-state index is -1.42. The molecule has 2 aliphatic heterocycles. The molecule has 5 N–H and O–H groups in total. The first-order chi connectivity index (χ1) is 30.2. The predicted molar refractivity (Wildman–Crippen MR) is 233 cm³/mol. The molecule has 2 aliphatic rings. The van der Waals surface area contributed by atoms with Crippen molar-refractivity contribution in [1.82, 2.24) is 14.8 Å². The van der Waals surface area contributed by atoms with Gasteiger partial charge in [-0.2, -0.15) is 0 Å². The molecule has 1 aromatic heterocycles. The zero-order valence-electron chi connectivity index (χ0n) is 34.7. The van der Waals surface area contributed by atoms with Gasteiger partial charge < -0.3 is 48.8 Å². The third kappa shape index (κ3) is 12.2. The van der Waals surface area contributed by atoms with Crippen LogP contribution in [0, 0.1) is 10.1 Å². The van der Waals surface area contributed by atoms with Crippen molar-refractivity contribution in [3.8, 4) is 23.0 Å². The van der Waals surface area contributed by atoms with Crippen molar-refractivity contribution in [3.63, 3.8) is 0 Å². The van der Waals surface area contributed by atoms with E-state index in [4.69, 9.17) is 23.7 Å². The molecular formula is C41H48N6O14S2. The Morgan fingerprint density at radius 2 is 1.41 bits per heavy atom. The molecule has 20 nitrogen and oxygen atoms in total. The molecule has 0 radical (unpaired) electrons. The number of methoxy groups -OCH3 is 2. The standard InChI is InChI=1S/C41H48N6O14S2/c1-23-12-26(20-48)45(18-23)38(50)28-14-33(57-4)35(16-30(28)43-40(52)53)59-10-7-11-60-36-17-31(29(15-34(36)58-5)39(51)46-19-24(2)13-27(46)21-49)44-41(54)61-22-25(3)62-63-37-32(47(55)56)8-6-9-42-37/h6,8-9,14-17,25-27,43,48-49H,1-2,7,10-13,18-22H2,3-5H3,(H,44,54)(H,52,53). The number of aromatic nitrogens is 1. The highest BCUT2D eigenvalue weighted by atomic mass is 33.1. The molecule has 0 bridgehead atoms. The number of nitrogens with one attached hydrogen (secondary N) is 2. The molecule has 2 saturated heterocycles. The fourth-order valence-electron chi connectivity index (χ4n) is 6.71. The van der Waals surface area contributed by atoms with Crippen LogP contribution in [-0.4, -0.2) is 137 Å². The maximum atomic E-state index is 14.0. The molecule has 3 aromatic rings. The van der Waals surface area contributed by atoms with Crippen LogP contribution in [0.25, 0.3) is 0 Å². The molecule has 5 rings (SSSR count). The lowest BCUT2D eigenvalue weighted by Crippen LogP contribution is -2.38. The molecule has 2 aromatic carbocycles. The number of benzene rings is 2. The largest absolute Gasteiger partial charge is 0.493 e. The van der Waals surface area contributed by atoms with Crippen LogP contribution in [0.4, 0.5) is 26.7 Å². The van der Waals surface area contributed by atoms with Crippen molar-refractivity contribution >= 4 is 62.7 Å². The number of carbonyl (C=O) groups excluding carboxylic acids is 3. The lowest BCUT2D eigenvalue weighted by Gasteiger charge is -2.25. The number of hydrogen-bond acceptors (Lipinski definition) is 16. The molecular weight excluding hydrogens is 865 g/mol. The van der Waals surface area contributed by atoms with Gasteiger partial charge in [-0.25, -0.2) is 14.6 Å². The number of hydrogen-bond donors (Lipinski definition) is 5. The van der Waals surface area contributed by atoms with Gasteiger partial charge in [-0.05, 0) is 48.8 Å². The molecule has 3 unspecified atom stereocenters. The first kappa shape index (κ1) is 47.8. The highest BCUT2D eigenvalue weighted by molar-refractivity contribution is 8.77. The summed E-state index contributed by atoms with van der Waals surface area (Å²) in [6.07, 6.45) is 0.173. The summed E-state index contributed by atoms with van der Waals surface area (Å²) in [5, 5.41) is 45.5. The topological polar surface area (TPSA) is 262 Å². The van der Waals surface area contributed by atoms with Crippen LogP contribution in [0.15, 0.2) is 71.9 Å². The smallest absolute Gasteiger partial charge is 0.411 e. The van der Waals surface area contributed by atoms with Gasteiger partial charge in [0.1, 0.15) is 6.61 Å². The molecule has 22 heteroatoms. The fourth-order valence-corrected chi connectivity index (χ4v) is 8.74. The number of rotatable bonds is 20. The average molecular weight is 913 g/mol. The zero-order valence-corrected chi connectivity index (χ0v) is 36.3. The van der Waals surface area contributed by atoms with Crippen LogP contribution in [0.1, 0.15) is 46.9 Å². The van der Waals surface area contributed by atoms with Crippen molar-refractivity contribution in [1.29, 1.82) is 0 Å². The highest BCUT2D eigenvalue weighted by Gasteiger charge is 2.35. The van der Waals surface area contributed by atoms with Crippen molar-refractivity contribution in [2.45, 2.75) is 48.5 Å². The molecule has 0 spiro atoms. The Labute approximate surface area is 370 Å². The highest BCUT2D eigenvalue weighted by Crippen LogP contribution is 2.40. The van der Waals surface area contributed by atoms with Gasteiger partial charge in [0.05, 0.1) is 80.2 Å². The van der Waals surface area contributed by atoms with E-state index in [2.05, 4.69) is 28.8 Å². The van der Waals surface area contributed by atoms with Gasteiger partial charge in [0, 0.05) is 49.2 Å². The maximum absolute atomic E-state index is 14.0. The molecule has 63 heavy (non-hydrogen) atoms. The molecule has 338 valence electrons. The first-order valence-electron chi connectivity index (χ1n) is 19.4. The minimum absolute atomic E-state index is 0.0109. The van der Waals surface area contributed by atoms with Crippen LogP contribution in [-0.2, 0) is 4.74 Å². The number of carbonyl (C=O) groups is 4. The number of likely N-dealkylation sites (tertiary alicyclic amines) is 2. The van der Waals surface area contributed by atoms with Crippen molar-refractivity contribution < 1.29 is 63.1 Å². The zero-order chi connectivity index (χ0) is 45.8. The number of nitrogens with zero attached hydrogens (tertiary/aromatic N) is 4. The molecule has 4 amide bonds. The SMILES string of the molecule is C=C1CC(CO)N(C(=O)c2cc(OC)c(OCCCOc3cc(NC(=O)OCC(C)SSc4ncccc4[N+](=O)[O-])c(C(=O)N4CC(=C)CC4CO)cc3OC)cc2NC(=O)O)C1. The van der Waals surface area contributed by atoms with Gasteiger partial charge in [-0.1, -0.05) is 35.1 Å². The maximum Gasteiger partial charge on any atom is 0.411 e. The predicted octanol–water partition coefficient (Wildman–Crippen LogP) is 5.85. The van der Waals surface area contributed by atoms with Crippen molar-refractivity contribution in [2.24, 2.45) is 0 Å². The summed E-state index contributed by atoms with van der Waals surface area (Å²) in [4.78, 5) is 70.2. The summed E-state index contributed by atoms with van der Waals surface area (Å²) in [6, 6.07) is 7.25. The number of aliphatic hydroxyl groups excluding tert-OH is 2. The third-order valence-corrected chi connectivity index (χ3v) is 12.5. The average Bonchev–Trinajstić information content (AvgIpc) is 3.85. The summed E-state index contributed by atoms with van der Waals surface area (Å²) < 4.78 is 28.5. The fraction of sp³-hybridized carbons (Fsp3) is 0.390. The minimum Gasteiger partial charge on any atom is -0.493 e. The van der Waals surface area contributed by atoms with Gasteiger partial charge in [0.2, 0.25) is 0 Å². The van der Waals surface area contributed by atoms with E-state index in [9.17, 15) is 44.6 Å². The van der Waals surface area contributed by atoms with E-state index in [1.807, 2.05) is 0 Å². The summed E-state index contributed by atoms with van der Waals surface area (Å²) in [7, 11) is 5.02. The van der Waals surface area contributed by atoms with Crippen LogP contribution in [0.2, 0.25) is 0 Å². The Hall–Kier alpha value is -6.23. The second-order valence-corrected chi connectivity index (χ2v) is 17.0. The van der Waals surface area contributed by atoms with Gasteiger partial charge >= 0.3 is 17.9 Å². The normalized spacial score (nSPS) is 16.3. The molecule has 0 aliphatic carbocycles. The quantitative estimate of drug-likeness (QED) is 0.0293. The second-order valence-electron chi connectivity index (χ2n) is 14.3. The Morgan fingerprint density at radius 3 is 1.89 bits per heavy atom. The Morgan fingerprint density at radius 1 is 0.889 bits per heavy atom. The molecule has 2 fully saturated rings. The molecule has 0 saturated carbocycles. The van der Waals surface area contributed by atoms with E-state index in [-0.39, 0.29) is 114 Å². The Balaban J connectivity index is 1.28. The van der Waals surface area contributed by atoms with Crippen LogP contribution in [0.5, 0.6) is 23.0 Å². The van der Waals surface area contributed by atoms with Gasteiger partial charge in [-0.3, -0.25) is 30.3 Å². The van der Waals surface area contributed by atoms with E-state index < -0.39 is 41.0 Å². The summed E-state index contributed by atoms with van der Waals surface area (Å²) in [5.74, 6) is -0.479. The van der Waals surface area contributed by atoms with E-state index in [0.29, 0.717) is 12.8 Å². The second kappa shape index (κ2) is 22.2. The molecule has 3 atom stereocenters. The molecule has 3 heterocycles. The van der Waals surface area contributed by atoms with Crippen LogP contribution < -0.4 is 29.6 Å². The van der Waals surface area contributed by atoms with Gasteiger partial charge in [-0.15, -0.1) is 0 Å². The van der Waals surface area contributed by atoms with Crippen LogP contribution >= 0.6 is 21.6 Å². The summed E-state index contributed by atoms with van der Waals surface area (Å²) in [6.45, 7) is 9.35. The number of ether oxygens (including phenoxy) is 5. The first-order valence-corrected chi connectivity index (χ1v) is 21.6. The lowest BCUT2D eigenvalue weighted by molar-refractivity contribution is -0.388. The van der Waals surface area contributed by atoms with Crippen molar-refractivity contribution in [3.05, 3.63) is 88.1 Å². The van der Waals surface area contributed by atoms with Gasteiger partial charge in [0.25, 0.3) is 11.8 Å². The number of carboxylic acid groups (broad SMARTS) is 1. The summed E-state index contributed by atoms with van der Waals surface area (Å²) >= 11 is 0. The van der Waals surface area contributed by atoms with E-state index >= 15 is 0 Å². The van der Waals surface area contributed by atoms with Gasteiger partial charge in [0.15, 0.2) is 28.0 Å². The number of anilines is 2. The number of amides is 4. The van der Waals surface area contributed by atoms with E-state index in [1.165, 1.54) is 77.4 Å². The Kier molecular flexibility index (Phi) is 16.9. The number of pyridine rings is 1.